The lowest BCUT2D eigenvalue weighted by Crippen LogP contribution is -2.41. The molecule has 1 amide bonds. The summed E-state index contributed by atoms with van der Waals surface area (Å²) in [6, 6.07) is 0. The molecule has 1 aliphatic rings. The molecule has 0 spiro atoms. The first-order valence-corrected chi connectivity index (χ1v) is 7.36. The van der Waals surface area contributed by atoms with E-state index in [1.165, 1.54) is 32.1 Å². The predicted molar refractivity (Wildman–Crippen MR) is 85.3 cm³/mol. The van der Waals surface area contributed by atoms with Gasteiger partial charge in [0.15, 0.2) is 0 Å². The lowest BCUT2D eigenvalue weighted by atomic mass is 9.89. The van der Waals surface area contributed by atoms with Crippen LogP contribution in [-0.4, -0.2) is 50.7 Å². The molecule has 1 saturated carbocycles. The van der Waals surface area contributed by atoms with Gasteiger partial charge in [-0.2, -0.15) is 0 Å². The minimum absolute atomic E-state index is 0. The molecule has 1 fully saturated rings. The Kier molecular flexibility index (Phi) is 11.8. The topological polar surface area (TPSA) is 41.6 Å². The third-order valence-corrected chi connectivity index (χ3v) is 3.66. The Morgan fingerprint density at radius 3 is 2.70 bits per heavy atom. The molecule has 0 radical (unpaired) electrons. The third-order valence-electron chi connectivity index (χ3n) is 3.66. The van der Waals surface area contributed by atoms with Crippen LogP contribution in [0.15, 0.2) is 12.7 Å². The summed E-state index contributed by atoms with van der Waals surface area (Å²) in [5, 5.41) is 3.11. The molecule has 0 unspecified atom stereocenters. The van der Waals surface area contributed by atoms with Crippen LogP contribution in [0.2, 0.25) is 0 Å². The fraction of sp³-hybridized carbons (Fsp3) is 0.800. The van der Waals surface area contributed by atoms with Gasteiger partial charge in [0, 0.05) is 26.7 Å². The Hall–Kier alpha value is -0.580. The fourth-order valence-electron chi connectivity index (χ4n) is 2.60. The molecule has 20 heavy (non-hydrogen) atoms. The Labute approximate surface area is 129 Å². The average molecular weight is 305 g/mol. The number of amides is 1. The first kappa shape index (κ1) is 19.4. The number of carbonyl (C=O) groups excluding carboxylic acids is 1. The summed E-state index contributed by atoms with van der Waals surface area (Å²) in [5.41, 5.74) is 0. The van der Waals surface area contributed by atoms with Crippen LogP contribution in [0, 0.1) is 5.92 Å². The summed E-state index contributed by atoms with van der Waals surface area (Å²) in [7, 11) is 1.66. The molecule has 1 N–H and O–H groups in total. The van der Waals surface area contributed by atoms with Gasteiger partial charge >= 0.3 is 0 Å². The van der Waals surface area contributed by atoms with E-state index in [0.717, 1.165) is 6.54 Å². The SMILES string of the molecule is C=CCN(CC1CCCCC1)C(=O)CNCCOC.Cl. The van der Waals surface area contributed by atoms with Crippen molar-refractivity contribution in [1.82, 2.24) is 10.2 Å². The summed E-state index contributed by atoms with van der Waals surface area (Å²) in [6.45, 7) is 7.04. The third kappa shape index (κ3) is 7.88. The van der Waals surface area contributed by atoms with Gasteiger partial charge in [-0.1, -0.05) is 25.3 Å². The van der Waals surface area contributed by atoms with Crippen molar-refractivity contribution in [2.75, 3.05) is 39.9 Å². The number of hydrogen-bond donors (Lipinski definition) is 1. The number of nitrogens with zero attached hydrogens (tertiary/aromatic N) is 1. The molecule has 0 heterocycles. The number of ether oxygens (including phenoxy) is 1. The van der Waals surface area contributed by atoms with Gasteiger partial charge in [0.25, 0.3) is 0 Å². The van der Waals surface area contributed by atoms with Gasteiger partial charge in [0.1, 0.15) is 0 Å². The molecule has 0 atom stereocenters. The number of halogens is 1. The molecule has 1 rings (SSSR count). The van der Waals surface area contributed by atoms with Crippen LogP contribution in [-0.2, 0) is 9.53 Å². The Morgan fingerprint density at radius 2 is 2.10 bits per heavy atom. The number of hydrogen-bond acceptors (Lipinski definition) is 3. The predicted octanol–water partition coefficient (Wildman–Crippen LogP) is 2.24. The van der Waals surface area contributed by atoms with Gasteiger partial charge in [-0.25, -0.2) is 0 Å². The van der Waals surface area contributed by atoms with Crippen molar-refractivity contribution in [2.24, 2.45) is 5.92 Å². The zero-order valence-corrected chi connectivity index (χ0v) is 13.4. The maximum atomic E-state index is 12.1. The second kappa shape index (κ2) is 12.2. The highest BCUT2D eigenvalue weighted by molar-refractivity contribution is 5.85. The molecule has 0 aromatic carbocycles. The maximum absolute atomic E-state index is 12.1. The zero-order valence-electron chi connectivity index (χ0n) is 12.6. The Balaban J connectivity index is 0.00000361. The lowest BCUT2D eigenvalue weighted by Gasteiger charge is -2.29. The lowest BCUT2D eigenvalue weighted by molar-refractivity contribution is -0.130. The second-order valence-electron chi connectivity index (χ2n) is 5.26. The molecule has 1 aliphatic carbocycles. The van der Waals surface area contributed by atoms with E-state index >= 15 is 0 Å². The minimum atomic E-state index is 0. The Bertz CT molecular complexity index is 269. The average Bonchev–Trinajstić information content (AvgIpc) is 2.44. The van der Waals surface area contributed by atoms with Gasteiger partial charge in [-0.15, -0.1) is 19.0 Å². The van der Waals surface area contributed by atoms with Crippen LogP contribution in [0.1, 0.15) is 32.1 Å². The van der Waals surface area contributed by atoms with E-state index < -0.39 is 0 Å². The second-order valence-corrected chi connectivity index (χ2v) is 5.26. The van der Waals surface area contributed by atoms with Gasteiger partial charge in [-0.05, 0) is 18.8 Å². The zero-order chi connectivity index (χ0) is 13.9. The van der Waals surface area contributed by atoms with Crippen molar-refractivity contribution in [3.63, 3.8) is 0 Å². The van der Waals surface area contributed by atoms with E-state index in [4.69, 9.17) is 4.74 Å². The van der Waals surface area contributed by atoms with Crippen molar-refractivity contribution in [1.29, 1.82) is 0 Å². The van der Waals surface area contributed by atoms with Crippen LogP contribution in [0.3, 0.4) is 0 Å². The van der Waals surface area contributed by atoms with Gasteiger partial charge in [-0.3, -0.25) is 4.79 Å². The number of carbonyl (C=O) groups is 1. The molecule has 118 valence electrons. The highest BCUT2D eigenvalue weighted by atomic mass is 35.5. The monoisotopic (exact) mass is 304 g/mol. The van der Waals surface area contributed by atoms with Gasteiger partial charge in [0.05, 0.1) is 13.2 Å². The summed E-state index contributed by atoms with van der Waals surface area (Å²) in [4.78, 5) is 14.1. The van der Waals surface area contributed by atoms with Crippen LogP contribution >= 0.6 is 12.4 Å². The van der Waals surface area contributed by atoms with E-state index in [0.29, 0.717) is 32.2 Å². The molecule has 0 aliphatic heterocycles. The minimum Gasteiger partial charge on any atom is -0.383 e. The summed E-state index contributed by atoms with van der Waals surface area (Å²) >= 11 is 0. The molecule has 4 nitrogen and oxygen atoms in total. The van der Waals surface area contributed by atoms with E-state index in [-0.39, 0.29) is 18.3 Å². The van der Waals surface area contributed by atoms with E-state index in [1.54, 1.807) is 7.11 Å². The first-order valence-electron chi connectivity index (χ1n) is 7.36. The molecule has 0 saturated heterocycles. The summed E-state index contributed by atoms with van der Waals surface area (Å²) in [6.07, 6.45) is 8.32. The smallest absolute Gasteiger partial charge is 0.236 e. The molecular formula is C15H29ClN2O2. The molecular weight excluding hydrogens is 276 g/mol. The van der Waals surface area contributed by atoms with Crippen molar-refractivity contribution < 1.29 is 9.53 Å². The normalized spacial score (nSPS) is 15.4. The van der Waals surface area contributed by atoms with E-state index in [9.17, 15) is 4.79 Å². The molecule has 0 aromatic heterocycles. The van der Waals surface area contributed by atoms with Crippen LogP contribution in [0.5, 0.6) is 0 Å². The van der Waals surface area contributed by atoms with Crippen molar-refractivity contribution in [3.8, 4) is 0 Å². The fourth-order valence-corrected chi connectivity index (χ4v) is 2.60. The molecule has 0 bridgehead atoms. The number of nitrogens with one attached hydrogen (secondary N) is 1. The highest BCUT2D eigenvalue weighted by Gasteiger charge is 2.19. The van der Waals surface area contributed by atoms with E-state index in [1.807, 2.05) is 11.0 Å². The van der Waals surface area contributed by atoms with Crippen molar-refractivity contribution >= 4 is 18.3 Å². The van der Waals surface area contributed by atoms with Gasteiger partial charge < -0.3 is 15.0 Å². The number of rotatable bonds is 9. The van der Waals surface area contributed by atoms with Crippen molar-refractivity contribution in [3.05, 3.63) is 12.7 Å². The Morgan fingerprint density at radius 1 is 1.40 bits per heavy atom. The highest BCUT2D eigenvalue weighted by Crippen LogP contribution is 2.24. The van der Waals surface area contributed by atoms with Crippen LogP contribution in [0.4, 0.5) is 0 Å². The standard InChI is InChI=1S/C15H28N2O2.ClH/c1-3-10-17(13-14-7-5-4-6-8-14)15(18)12-16-9-11-19-2;/h3,14,16H,1,4-13H2,2H3;1H. The van der Waals surface area contributed by atoms with Crippen molar-refractivity contribution in [2.45, 2.75) is 32.1 Å². The first-order chi connectivity index (χ1) is 9.27. The quantitative estimate of drug-likeness (QED) is 0.525. The summed E-state index contributed by atoms with van der Waals surface area (Å²) < 4.78 is 4.95. The maximum Gasteiger partial charge on any atom is 0.236 e. The molecule has 5 heteroatoms. The largest absolute Gasteiger partial charge is 0.383 e. The van der Waals surface area contributed by atoms with Crippen LogP contribution < -0.4 is 5.32 Å². The van der Waals surface area contributed by atoms with Gasteiger partial charge in [0.2, 0.25) is 5.91 Å². The van der Waals surface area contributed by atoms with E-state index in [2.05, 4.69) is 11.9 Å². The molecule has 0 aromatic rings. The van der Waals surface area contributed by atoms with Crippen LogP contribution in [0.25, 0.3) is 0 Å². The number of methoxy groups -OCH3 is 1. The summed E-state index contributed by atoms with van der Waals surface area (Å²) in [5.74, 6) is 0.846.